The number of carbonyl (C=O) groups is 1. The first-order valence-electron chi connectivity index (χ1n) is 7.74. The van der Waals surface area contributed by atoms with E-state index in [1.54, 1.807) is 12.1 Å². The van der Waals surface area contributed by atoms with Crippen LogP contribution in [0.1, 0.15) is 50.5 Å². The summed E-state index contributed by atoms with van der Waals surface area (Å²) in [4.78, 5) is 12.1. The summed E-state index contributed by atoms with van der Waals surface area (Å²) in [6.07, 6.45) is 4.28. The molecule has 1 atom stereocenters. The first kappa shape index (κ1) is 16.0. The van der Waals surface area contributed by atoms with Gasteiger partial charge in [-0.05, 0) is 55.2 Å². The summed E-state index contributed by atoms with van der Waals surface area (Å²) < 4.78 is 12.9. The molecule has 0 saturated heterocycles. The van der Waals surface area contributed by atoms with Gasteiger partial charge >= 0.3 is 0 Å². The largest absolute Gasteiger partial charge is 0.396 e. The lowest BCUT2D eigenvalue weighted by molar-refractivity contribution is -0.122. The van der Waals surface area contributed by atoms with Gasteiger partial charge in [-0.25, -0.2) is 4.39 Å². The van der Waals surface area contributed by atoms with E-state index in [-0.39, 0.29) is 30.3 Å². The number of rotatable bonds is 5. The standard InChI is InChI=1S/C17H24FNO2/c1-12(14-4-6-15(18)7-5-14)10-17(21)19-16-8-2-13(11-20)3-9-16/h4-7,12-13,16,20H,2-3,8-11H2,1H3,(H,19,21). The Morgan fingerprint density at radius 3 is 2.48 bits per heavy atom. The van der Waals surface area contributed by atoms with E-state index in [0.717, 1.165) is 31.2 Å². The van der Waals surface area contributed by atoms with Crippen LogP contribution in [0.4, 0.5) is 4.39 Å². The van der Waals surface area contributed by atoms with E-state index in [4.69, 9.17) is 5.11 Å². The maximum Gasteiger partial charge on any atom is 0.220 e. The number of benzene rings is 1. The normalized spacial score (nSPS) is 23.6. The van der Waals surface area contributed by atoms with Gasteiger partial charge in [-0.3, -0.25) is 4.79 Å². The first-order valence-corrected chi connectivity index (χ1v) is 7.74. The zero-order chi connectivity index (χ0) is 15.2. The van der Waals surface area contributed by atoms with Gasteiger partial charge in [0.2, 0.25) is 5.91 Å². The molecule has 1 amide bonds. The molecule has 2 rings (SSSR count). The van der Waals surface area contributed by atoms with E-state index in [9.17, 15) is 9.18 Å². The fourth-order valence-electron chi connectivity index (χ4n) is 2.96. The van der Waals surface area contributed by atoms with Crippen molar-refractivity contribution in [2.75, 3.05) is 6.61 Å². The molecule has 21 heavy (non-hydrogen) atoms. The summed E-state index contributed by atoms with van der Waals surface area (Å²) >= 11 is 0. The average molecular weight is 293 g/mol. The quantitative estimate of drug-likeness (QED) is 0.877. The lowest BCUT2D eigenvalue weighted by Crippen LogP contribution is -2.38. The number of aliphatic hydroxyl groups excluding tert-OH is 1. The predicted octanol–water partition coefficient (Wildman–Crippen LogP) is 2.99. The van der Waals surface area contributed by atoms with Crippen molar-refractivity contribution in [2.45, 2.75) is 51.0 Å². The van der Waals surface area contributed by atoms with E-state index < -0.39 is 0 Å². The van der Waals surface area contributed by atoms with E-state index >= 15 is 0 Å². The number of hydrogen-bond donors (Lipinski definition) is 2. The lowest BCUT2D eigenvalue weighted by Gasteiger charge is -2.28. The summed E-state index contributed by atoms with van der Waals surface area (Å²) in [5.74, 6) is 0.283. The Balaban J connectivity index is 1.78. The van der Waals surface area contributed by atoms with Gasteiger partial charge in [0.25, 0.3) is 0 Å². The van der Waals surface area contributed by atoms with Crippen LogP contribution >= 0.6 is 0 Å². The van der Waals surface area contributed by atoms with Crippen molar-refractivity contribution in [3.05, 3.63) is 35.6 Å². The molecule has 1 aliphatic carbocycles. The highest BCUT2D eigenvalue weighted by Gasteiger charge is 2.22. The van der Waals surface area contributed by atoms with E-state index in [0.29, 0.717) is 12.3 Å². The van der Waals surface area contributed by atoms with Gasteiger partial charge in [-0.15, -0.1) is 0 Å². The van der Waals surface area contributed by atoms with Crippen molar-refractivity contribution in [3.63, 3.8) is 0 Å². The molecule has 1 fully saturated rings. The molecule has 0 aliphatic heterocycles. The molecular formula is C17H24FNO2. The molecule has 0 radical (unpaired) electrons. The predicted molar refractivity (Wildman–Crippen MR) is 80.4 cm³/mol. The molecule has 1 aromatic rings. The maximum absolute atomic E-state index is 12.9. The molecular weight excluding hydrogens is 269 g/mol. The van der Waals surface area contributed by atoms with Crippen molar-refractivity contribution < 1.29 is 14.3 Å². The molecule has 1 aliphatic rings. The number of aliphatic hydroxyl groups is 1. The summed E-state index contributed by atoms with van der Waals surface area (Å²) in [5, 5.41) is 12.2. The van der Waals surface area contributed by atoms with Crippen LogP contribution in [0.3, 0.4) is 0 Å². The van der Waals surface area contributed by atoms with Crippen LogP contribution in [-0.4, -0.2) is 23.7 Å². The number of hydrogen-bond acceptors (Lipinski definition) is 2. The Hall–Kier alpha value is -1.42. The van der Waals surface area contributed by atoms with E-state index in [1.807, 2.05) is 6.92 Å². The fraction of sp³-hybridized carbons (Fsp3) is 0.588. The molecule has 4 heteroatoms. The third-order valence-corrected chi connectivity index (χ3v) is 4.40. The van der Waals surface area contributed by atoms with Gasteiger partial charge in [0, 0.05) is 19.1 Å². The minimum atomic E-state index is -0.254. The van der Waals surface area contributed by atoms with Gasteiger partial charge in [0.1, 0.15) is 5.82 Å². The van der Waals surface area contributed by atoms with Gasteiger partial charge < -0.3 is 10.4 Å². The minimum absolute atomic E-state index is 0.0549. The first-order chi connectivity index (χ1) is 10.1. The van der Waals surface area contributed by atoms with Crippen LogP contribution in [0.2, 0.25) is 0 Å². The summed E-state index contributed by atoms with van der Waals surface area (Å²) in [6.45, 7) is 2.23. The monoisotopic (exact) mass is 293 g/mol. The van der Waals surface area contributed by atoms with Crippen molar-refractivity contribution in [3.8, 4) is 0 Å². The van der Waals surface area contributed by atoms with Crippen LogP contribution < -0.4 is 5.32 Å². The van der Waals surface area contributed by atoms with Crippen LogP contribution in [0, 0.1) is 11.7 Å². The van der Waals surface area contributed by atoms with Crippen molar-refractivity contribution in [1.82, 2.24) is 5.32 Å². The number of carbonyl (C=O) groups excluding carboxylic acids is 1. The van der Waals surface area contributed by atoms with Crippen molar-refractivity contribution >= 4 is 5.91 Å². The van der Waals surface area contributed by atoms with Crippen LogP contribution in [-0.2, 0) is 4.79 Å². The number of halogens is 1. The Morgan fingerprint density at radius 1 is 1.29 bits per heavy atom. The summed E-state index contributed by atoms with van der Waals surface area (Å²) in [7, 11) is 0. The summed E-state index contributed by atoms with van der Waals surface area (Å²) in [5.41, 5.74) is 0.982. The van der Waals surface area contributed by atoms with Crippen molar-refractivity contribution in [1.29, 1.82) is 0 Å². The highest BCUT2D eigenvalue weighted by molar-refractivity contribution is 5.77. The lowest BCUT2D eigenvalue weighted by atomic mass is 9.86. The molecule has 2 N–H and O–H groups in total. The third-order valence-electron chi connectivity index (χ3n) is 4.40. The summed E-state index contributed by atoms with van der Waals surface area (Å²) in [6, 6.07) is 6.57. The smallest absolute Gasteiger partial charge is 0.220 e. The Bertz CT molecular complexity index is 452. The Kier molecular flexibility index (Phi) is 5.74. The number of amides is 1. The zero-order valence-corrected chi connectivity index (χ0v) is 12.5. The molecule has 0 spiro atoms. The molecule has 1 saturated carbocycles. The van der Waals surface area contributed by atoms with Crippen LogP contribution in [0.5, 0.6) is 0 Å². The Labute approximate surface area is 125 Å². The third kappa shape index (κ3) is 4.81. The maximum atomic E-state index is 12.9. The van der Waals surface area contributed by atoms with Crippen LogP contribution in [0.25, 0.3) is 0 Å². The van der Waals surface area contributed by atoms with Crippen molar-refractivity contribution in [2.24, 2.45) is 5.92 Å². The second-order valence-corrected chi connectivity index (χ2v) is 6.12. The molecule has 0 bridgehead atoms. The van der Waals surface area contributed by atoms with Gasteiger partial charge in [-0.1, -0.05) is 19.1 Å². The molecule has 3 nitrogen and oxygen atoms in total. The molecule has 0 aromatic heterocycles. The Morgan fingerprint density at radius 2 is 1.90 bits per heavy atom. The average Bonchev–Trinajstić information content (AvgIpc) is 2.48. The topological polar surface area (TPSA) is 49.3 Å². The second kappa shape index (κ2) is 7.55. The van der Waals surface area contributed by atoms with Crippen LogP contribution in [0.15, 0.2) is 24.3 Å². The van der Waals surface area contributed by atoms with Gasteiger partial charge in [0.05, 0.1) is 0 Å². The minimum Gasteiger partial charge on any atom is -0.396 e. The zero-order valence-electron chi connectivity index (χ0n) is 12.5. The highest BCUT2D eigenvalue weighted by atomic mass is 19.1. The van der Waals surface area contributed by atoms with Gasteiger partial charge in [0.15, 0.2) is 0 Å². The second-order valence-electron chi connectivity index (χ2n) is 6.12. The number of nitrogens with one attached hydrogen (secondary N) is 1. The fourth-order valence-corrected chi connectivity index (χ4v) is 2.96. The van der Waals surface area contributed by atoms with Gasteiger partial charge in [-0.2, -0.15) is 0 Å². The van der Waals surface area contributed by atoms with E-state index in [1.165, 1.54) is 12.1 Å². The molecule has 116 valence electrons. The molecule has 0 heterocycles. The highest BCUT2D eigenvalue weighted by Crippen LogP contribution is 2.24. The molecule has 1 unspecified atom stereocenters. The van der Waals surface area contributed by atoms with E-state index in [2.05, 4.69) is 5.32 Å². The SMILES string of the molecule is CC(CC(=O)NC1CCC(CO)CC1)c1ccc(F)cc1. The molecule has 1 aromatic carbocycles.